The molecule has 2 aromatic rings. The molecule has 154 valence electrons. The molecule has 6 heteroatoms. The Morgan fingerprint density at radius 3 is 2.38 bits per heavy atom. The van der Waals surface area contributed by atoms with Crippen molar-refractivity contribution in [2.75, 3.05) is 18.0 Å². The number of rotatable bonds is 7. The van der Waals surface area contributed by atoms with Crippen LogP contribution in [0.3, 0.4) is 0 Å². The van der Waals surface area contributed by atoms with E-state index in [9.17, 15) is 9.59 Å². The number of amides is 2. The van der Waals surface area contributed by atoms with Crippen molar-refractivity contribution in [3.63, 3.8) is 0 Å². The Hall–Kier alpha value is -2.89. The molecule has 0 aliphatic carbocycles. The minimum atomic E-state index is -0.336. The highest BCUT2D eigenvalue weighted by Crippen LogP contribution is 2.18. The number of nitrogens with zero attached hydrogens (tertiary/aromatic N) is 2. The molecule has 2 amide bonds. The van der Waals surface area contributed by atoms with Gasteiger partial charge >= 0.3 is 0 Å². The lowest BCUT2D eigenvalue weighted by atomic mass is 10.0. The lowest BCUT2D eigenvalue weighted by molar-refractivity contribution is -0.122. The molecule has 1 saturated heterocycles. The van der Waals surface area contributed by atoms with E-state index in [1.165, 1.54) is 32.6 Å². The second kappa shape index (κ2) is 10.6. The van der Waals surface area contributed by atoms with E-state index in [-0.39, 0.29) is 24.3 Å². The molecular formula is C23H30N4O2. The maximum Gasteiger partial charge on any atom is 0.222 e. The average molecular weight is 395 g/mol. The van der Waals surface area contributed by atoms with Crippen LogP contribution >= 0.6 is 0 Å². The zero-order chi connectivity index (χ0) is 20.5. The Labute approximate surface area is 172 Å². The molecular weight excluding hydrogens is 364 g/mol. The molecule has 2 N–H and O–H groups in total. The third-order valence-electron chi connectivity index (χ3n) is 5.20. The average Bonchev–Trinajstić information content (AvgIpc) is 3.02. The number of hydrogen-bond donors (Lipinski definition) is 2. The van der Waals surface area contributed by atoms with Crippen LogP contribution in [0.5, 0.6) is 0 Å². The lowest BCUT2D eigenvalue weighted by Gasteiger charge is -2.21. The normalized spacial score (nSPS) is 15.3. The van der Waals surface area contributed by atoms with Gasteiger partial charge < -0.3 is 15.5 Å². The molecule has 2 heterocycles. The van der Waals surface area contributed by atoms with Crippen molar-refractivity contribution in [1.82, 2.24) is 15.6 Å². The highest BCUT2D eigenvalue weighted by molar-refractivity contribution is 5.79. The standard InChI is InChI=1S/C23H30N4O2/c1-18(28)26-21(20-9-5-4-6-10-20)15-23(29)25-17-19-11-12-22(24-16-19)27-13-7-2-3-8-14-27/h4-6,9-12,16,21H,2-3,7-8,13-15,17H2,1H3,(H,25,29)(H,26,28). The van der Waals surface area contributed by atoms with Crippen LogP contribution in [0.1, 0.15) is 56.2 Å². The van der Waals surface area contributed by atoms with Gasteiger partial charge in [-0.3, -0.25) is 9.59 Å². The predicted molar refractivity (Wildman–Crippen MR) is 114 cm³/mol. The Bertz CT molecular complexity index is 784. The second-order valence-electron chi connectivity index (χ2n) is 7.57. The van der Waals surface area contributed by atoms with E-state index >= 15 is 0 Å². The fourth-order valence-electron chi connectivity index (χ4n) is 3.65. The van der Waals surface area contributed by atoms with Crippen LogP contribution in [-0.4, -0.2) is 29.9 Å². The van der Waals surface area contributed by atoms with Crippen molar-refractivity contribution in [3.8, 4) is 0 Å². The first kappa shape index (κ1) is 20.8. The largest absolute Gasteiger partial charge is 0.357 e. The number of anilines is 1. The third-order valence-corrected chi connectivity index (χ3v) is 5.20. The minimum absolute atomic E-state index is 0.107. The monoisotopic (exact) mass is 394 g/mol. The Morgan fingerprint density at radius 2 is 1.76 bits per heavy atom. The van der Waals surface area contributed by atoms with Crippen molar-refractivity contribution in [1.29, 1.82) is 0 Å². The first-order valence-electron chi connectivity index (χ1n) is 10.4. The zero-order valence-electron chi connectivity index (χ0n) is 17.1. The molecule has 1 aliphatic rings. The summed E-state index contributed by atoms with van der Waals surface area (Å²) >= 11 is 0. The maximum absolute atomic E-state index is 12.4. The quantitative estimate of drug-likeness (QED) is 0.755. The molecule has 6 nitrogen and oxygen atoms in total. The summed E-state index contributed by atoms with van der Waals surface area (Å²) < 4.78 is 0. The van der Waals surface area contributed by atoms with Crippen LogP contribution in [0.4, 0.5) is 5.82 Å². The summed E-state index contributed by atoms with van der Waals surface area (Å²) in [6.07, 6.45) is 7.06. The number of hydrogen-bond acceptors (Lipinski definition) is 4. The number of carbonyl (C=O) groups excluding carboxylic acids is 2. The van der Waals surface area contributed by atoms with E-state index in [0.717, 1.165) is 30.0 Å². The number of aromatic nitrogens is 1. The molecule has 0 saturated carbocycles. The van der Waals surface area contributed by atoms with Gasteiger partial charge in [-0.2, -0.15) is 0 Å². The highest BCUT2D eigenvalue weighted by atomic mass is 16.2. The van der Waals surface area contributed by atoms with Gasteiger partial charge in [-0.25, -0.2) is 4.98 Å². The number of benzene rings is 1. The summed E-state index contributed by atoms with van der Waals surface area (Å²) in [5, 5.41) is 5.79. The first-order valence-corrected chi connectivity index (χ1v) is 10.4. The van der Waals surface area contributed by atoms with Gasteiger partial charge in [0.2, 0.25) is 11.8 Å². The molecule has 1 aromatic carbocycles. The van der Waals surface area contributed by atoms with Crippen molar-refractivity contribution in [3.05, 3.63) is 59.8 Å². The van der Waals surface area contributed by atoms with Gasteiger partial charge in [-0.15, -0.1) is 0 Å². The molecule has 1 aliphatic heterocycles. The SMILES string of the molecule is CC(=O)NC(CC(=O)NCc1ccc(N2CCCCCC2)nc1)c1ccccc1. The molecule has 29 heavy (non-hydrogen) atoms. The van der Waals surface area contributed by atoms with E-state index in [4.69, 9.17) is 0 Å². The number of carbonyl (C=O) groups is 2. The molecule has 1 fully saturated rings. The molecule has 0 spiro atoms. The third kappa shape index (κ3) is 6.59. The summed E-state index contributed by atoms with van der Waals surface area (Å²) in [6.45, 7) is 4.01. The fraction of sp³-hybridized carbons (Fsp3) is 0.435. The predicted octanol–water partition coefficient (Wildman–Crippen LogP) is 3.35. The summed E-state index contributed by atoms with van der Waals surface area (Å²) in [7, 11) is 0. The molecule has 1 aromatic heterocycles. The van der Waals surface area contributed by atoms with Crippen molar-refractivity contribution in [2.45, 2.75) is 51.6 Å². The summed E-state index contributed by atoms with van der Waals surface area (Å²) in [4.78, 5) is 30.9. The van der Waals surface area contributed by atoms with E-state index in [2.05, 4.69) is 20.5 Å². The van der Waals surface area contributed by atoms with E-state index < -0.39 is 0 Å². The van der Waals surface area contributed by atoms with Crippen LogP contribution in [0, 0.1) is 0 Å². The molecule has 0 radical (unpaired) electrons. The summed E-state index contributed by atoms with van der Waals surface area (Å²) in [6, 6.07) is 13.3. The van der Waals surface area contributed by atoms with Crippen LogP contribution in [0.15, 0.2) is 48.7 Å². The molecule has 0 bridgehead atoms. The van der Waals surface area contributed by atoms with Crippen LogP contribution in [0.25, 0.3) is 0 Å². The fourth-order valence-corrected chi connectivity index (χ4v) is 3.65. The van der Waals surface area contributed by atoms with E-state index in [1.54, 1.807) is 0 Å². The minimum Gasteiger partial charge on any atom is -0.357 e. The lowest BCUT2D eigenvalue weighted by Crippen LogP contribution is -2.32. The topological polar surface area (TPSA) is 74.3 Å². The van der Waals surface area contributed by atoms with Gasteiger partial charge in [0.1, 0.15) is 5.82 Å². The Kier molecular flexibility index (Phi) is 7.61. The van der Waals surface area contributed by atoms with Gasteiger partial charge in [-0.1, -0.05) is 49.2 Å². The summed E-state index contributed by atoms with van der Waals surface area (Å²) in [5.74, 6) is 0.751. The van der Waals surface area contributed by atoms with Crippen LogP contribution in [0.2, 0.25) is 0 Å². The van der Waals surface area contributed by atoms with Crippen molar-refractivity contribution in [2.24, 2.45) is 0 Å². The molecule has 3 rings (SSSR count). The maximum atomic E-state index is 12.4. The van der Waals surface area contributed by atoms with E-state index in [0.29, 0.717) is 6.54 Å². The van der Waals surface area contributed by atoms with Crippen LogP contribution in [-0.2, 0) is 16.1 Å². The highest BCUT2D eigenvalue weighted by Gasteiger charge is 2.17. The Morgan fingerprint density at radius 1 is 1.03 bits per heavy atom. The molecule has 1 atom stereocenters. The van der Waals surface area contributed by atoms with Gasteiger partial charge in [-0.05, 0) is 30.0 Å². The van der Waals surface area contributed by atoms with E-state index in [1.807, 2.05) is 48.7 Å². The van der Waals surface area contributed by atoms with Gasteiger partial charge in [0, 0.05) is 32.8 Å². The zero-order valence-corrected chi connectivity index (χ0v) is 17.1. The van der Waals surface area contributed by atoms with Gasteiger partial charge in [0.25, 0.3) is 0 Å². The second-order valence-corrected chi connectivity index (χ2v) is 7.57. The number of pyridine rings is 1. The van der Waals surface area contributed by atoms with Crippen molar-refractivity contribution >= 4 is 17.6 Å². The Balaban J connectivity index is 1.53. The first-order chi connectivity index (χ1) is 14.1. The van der Waals surface area contributed by atoms with Crippen LogP contribution < -0.4 is 15.5 Å². The smallest absolute Gasteiger partial charge is 0.222 e. The van der Waals surface area contributed by atoms with Gasteiger partial charge in [0.05, 0.1) is 12.5 Å². The number of nitrogens with one attached hydrogen (secondary N) is 2. The van der Waals surface area contributed by atoms with Gasteiger partial charge in [0.15, 0.2) is 0 Å². The summed E-state index contributed by atoms with van der Waals surface area (Å²) in [5.41, 5.74) is 1.88. The van der Waals surface area contributed by atoms with Crippen molar-refractivity contribution < 1.29 is 9.59 Å². The molecule has 1 unspecified atom stereocenters.